The fraction of sp³-hybridized carbons (Fsp3) is 0.211. The molecule has 0 atom stereocenters. The molecule has 0 aliphatic heterocycles. The number of benzene rings is 2. The number of nitrogens with one attached hydrogen (secondary N) is 2. The Bertz CT molecular complexity index is 1160. The molecule has 32 heavy (non-hydrogen) atoms. The lowest BCUT2D eigenvalue weighted by Gasteiger charge is -2.09. The zero-order chi connectivity index (χ0) is 23.7. The van der Waals surface area contributed by atoms with Gasteiger partial charge in [-0.3, -0.25) is 19.7 Å². The van der Waals surface area contributed by atoms with E-state index in [1.807, 2.05) is 0 Å². The third kappa shape index (κ3) is 6.76. The van der Waals surface area contributed by atoms with Crippen LogP contribution in [0.25, 0.3) is 0 Å². The van der Waals surface area contributed by atoms with E-state index in [-0.39, 0.29) is 34.8 Å². The van der Waals surface area contributed by atoms with Gasteiger partial charge in [-0.05, 0) is 30.3 Å². The molecule has 1 amide bonds. The third-order valence-corrected chi connectivity index (χ3v) is 5.44. The van der Waals surface area contributed by atoms with Gasteiger partial charge >= 0.3 is 5.97 Å². The number of nitrogens with zero attached hydrogens (tertiary/aromatic N) is 2. The Morgan fingerprint density at radius 1 is 1.19 bits per heavy atom. The van der Waals surface area contributed by atoms with Crippen molar-refractivity contribution in [2.45, 2.75) is 11.3 Å². The zero-order valence-corrected chi connectivity index (χ0v) is 17.5. The van der Waals surface area contributed by atoms with E-state index in [2.05, 4.69) is 10.0 Å². The van der Waals surface area contributed by atoms with Gasteiger partial charge in [0.1, 0.15) is 11.8 Å². The maximum absolute atomic E-state index is 12.2. The summed E-state index contributed by atoms with van der Waals surface area (Å²) >= 11 is 0. The highest BCUT2D eigenvalue weighted by atomic mass is 32.2. The molecule has 2 aromatic rings. The minimum Gasteiger partial charge on any atom is -0.497 e. The monoisotopic (exact) mass is 462 g/mol. The second kappa shape index (κ2) is 10.8. The summed E-state index contributed by atoms with van der Waals surface area (Å²) in [6.07, 6.45) is -0.330. The van der Waals surface area contributed by atoms with Crippen LogP contribution in [-0.4, -0.2) is 45.5 Å². The molecule has 0 saturated heterocycles. The molecule has 0 heterocycles. The topological polar surface area (TPSA) is 178 Å². The fourth-order valence-electron chi connectivity index (χ4n) is 2.38. The summed E-state index contributed by atoms with van der Waals surface area (Å²) in [4.78, 5) is 33.7. The van der Waals surface area contributed by atoms with Gasteiger partial charge in [-0.25, -0.2) is 13.1 Å². The molecule has 0 fully saturated rings. The number of carbonyl (C=O) groups excluding carboxylic acids is 2. The summed E-state index contributed by atoms with van der Waals surface area (Å²) in [7, 11) is -2.40. The van der Waals surface area contributed by atoms with Crippen LogP contribution in [0.3, 0.4) is 0 Å². The molecule has 0 bridgehead atoms. The number of rotatable bonds is 10. The van der Waals surface area contributed by atoms with Crippen LogP contribution in [0.5, 0.6) is 5.75 Å². The van der Waals surface area contributed by atoms with E-state index >= 15 is 0 Å². The van der Waals surface area contributed by atoms with Gasteiger partial charge in [-0.2, -0.15) is 5.26 Å². The second-order valence-electron chi connectivity index (χ2n) is 6.13. The minimum atomic E-state index is -3.84. The van der Waals surface area contributed by atoms with Crippen molar-refractivity contribution in [1.82, 2.24) is 4.72 Å². The largest absolute Gasteiger partial charge is 0.497 e. The molecule has 168 valence electrons. The lowest BCUT2D eigenvalue weighted by atomic mass is 10.1. The first-order valence-electron chi connectivity index (χ1n) is 8.94. The average molecular weight is 462 g/mol. The van der Waals surface area contributed by atoms with Crippen molar-refractivity contribution in [3.63, 3.8) is 0 Å². The number of nitro benzene ring substituents is 1. The predicted molar refractivity (Wildman–Crippen MR) is 110 cm³/mol. The van der Waals surface area contributed by atoms with Gasteiger partial charge in [0.05, 0.1) is 34.6 Å². The van der Waals surface area contributed by atoms with Gasteiger partial charge in [-0.1, -0.05) is 0 Å². The standard InChI is InChI=1S/C19H18N4O8S/c1-30-15-3-5-16(6-4-15)32(28,29)21-9-8-19(25)31-12-18(24)22-17-7-2-14(23(26)27)10-13(17)11-20/h2-7,10,21H,8-9,12H2,1H3,(H,22,24). The van der Waals surface area contributed by atoms with Gasteiger partial charge in [-0.15, -0.1) is 0 Å². The van der Waals surface area contributed by atoms with Crippen molar-refractivity contribution < 1.29 is 32.4 Å². The Kier molecular flexibility index (Phi) is 8.22. The van der Waals surface area contributed by atoms with Crippen molar-refractivity contribution >= 4 is 33.3 Å². The highest BCUT2D eigenvalue weighted by Gasteiger charge is 2.16. The van der Waals surface area contributed by atoms with E-state index in [4.69, 9.17) is 14.7 Å². The van der Waals surface area contributed by atoms with Crippen LogP contribution in [0.1, 0.15) is 12.0 Å². The normalized spacial score (nSPS) is 10.6. The molecule has 0 spiro atoms. The van der Waals surface area contributed by atoms with Crippen molar-refractivity contribution in [2.75, 3.05) is 25.6 Å². The molecule has 0 aliphatic carbocycles. The molecule has 2 aromatic carbocycles. The van der Waals surface area contributed by atoms with Crippen LogP contribution >= 0.6 is 0 Å². The summed E-state index contributed by atoms with van der Waals surface area (Å²) in [5.74, 6) is -1.12. The van der Waals surface area contributed by atoms with Crippen molar-refractivity contribution in [2.24, 2.45) is 0 Å². The number of anilines is 1. The molecular weight excluding hydrogens is 444 g/mol. The van der Waals surface area contributed by atoms with E-state index in [1.54, 1.807) is 6.07 Å². The van der Waals surface area contributed by atoms with Crippen molar-refractivity contribution in [3.8, 4) is 11.8 Å². The molecule has 2 rings (SSSR count). The number of esters is 1. The highest BCUT2D eigenvalue weighted by molar-refractivity contribution is 7.89. The quantitative estimate of drug-likeness (QED) is 0.299. The number of hydrogen-bond donors (Lipinski definition) is 2. The maximum Gasteiger partial charge on any atom is 0.307 e. The summed E-state index contributed by atoms with van der Waals surface area (Å²) in [6, 6.07) is 10.7. The first-order chi connectivity index (χ1) is 15.2. The molecule has 0 radical (unpaired) electrons. The zero-order valence-electron chi connectivity index (χ0n) is 16.7. The van der Waals surface area contributed by atoms with Gasteiger partial charge in [0.2, 0.25) is 10.0 Å². The first kappa shape index (κ1) is 24.3. The summed E-state index contributed by atoms with van der Waals surface area (Å²) in [5, 5.41) is 22.1. The van der Waals surface area contributed by atoms with Gasteiger partial charge in [0.15, 0.2) is 6.61 Å². The molecule has 0 saturated carbocycles. The molecule has 0 aliphatic rings. The first-order valence-corrected chi connectivity index (χ1v) is 10.4. The Balaban J connectivity index is 1.81. The summed E-state index contributed by atoms with van der Waals surface area (Å²) < 4.78 is 36.3. The van der Waals surface area contributed by atoms with Crippen LogP contribution in [-0.2, 0) is 24.3 Å². The number of non-ortho nitro benzene ring substituents is 1. The third-order valence-electron chi connectivity index (χ3n) is 3.96. The molecule has 13 heteroatoms. The highest BCUT2D eigenvalue weighted by Crippen LogP contribution is 2.21. The number of sulfonamides is 1. The van der Waals surface area contributed by atoms with Crippen LogP contribution < -0.4 is 14.8 Å². The smallest absolute Gasteiger partial charge is 0.307 e. The Morgan fingerprint density at radius 2 is 1.88 bits per heavy atom. The average Bonchev–Trinajstić information content (AvgIpc) is 2.77. The summed E-state index contributed by atoms with van der Waals surface area (Å²) in [6.45, 7) is -0.943. The molecule has 0 aromatic heterocycles. The van der Waals surface area contributed by atoms with Gasteiger partial charge in [0.25, 0.3) is 11.6 Å². The maximum atomic E-state index is 12.2. The van der Waals surface area contributed by atoms with Crippen molar-refractivity contribution in [1.29, 1.82) is 5.26 Å². The number of nitriles is 1. The molecule has 2 N–H and O–H groups in total. The second-order valence-corrected chi connectivity index (χ2v) is 7.90. The van der Waals surface area contributed by atoms with Crippen LogP contribution in [0.4, 0.5) is 11.4 Å². The summed E-state index contributed by atoms with van der Waals surface area (Å²) in [5.41, 5.74) is -0.429. The van der Waals surface area contributed by atoms with Crippen LogP contribution in [0, 0.1) is 21.4 Å². The number of carbonyl (C=O) groups is 2. The number of amides is 1. The van der Waals surface area contributed by atoms with E-state index in [0.717, 1.165) is 12.1 Å². The van der Waals surface area contributed by atoms with Gasteiger partial charge in [0, 0.05) is 18.7 Å². The number of ether oxygens (including phenoxy) is 2. The lowest BCUT2D eigenvalue weighted by Crippen LogP contribution is -2.28. The van der Waals surface area contributed by atoms with E-state index in [1.165, 1.54) is 37.4 Å². The Hall–Kier alpha value is -4.02. The van der Waals surface area contributed by atoms with Crippen molar-refractivity contribution in [3.05, 3.63) is 58.1 Å². The van der Waals surface area contributed by atoms with Crippen LogP contribution in [0.2, 0.25) is 0 Å². The van der Waals surface area contributed by atoms with E-state index in [0.29, 0.717) is 5.75 Å². The number of methoxy groups -OCH3 is 1. The lowest BCUT2D eigenvalue weighted by molar-refractivity contribution is -0.384. The Morgan fingerprint density at radius 3 is 2.47 bits per heavy atom. The van der Waals surface area contributed by atoms with Crippen LogP contribution in [0.15, 0.2) is 47.4 Å². The van der Waals surface area contributed by atoms with E-state index in [9.17, 15) is 28.1 Å². The van der Waals surface area contributed by atoms with E-state index < -0.39 is 33.4 Å². The SMILES string of the molecule is COc1ccc(S(=O)(=O)NCCC(=O)OCC(=O)Nc2ccc([N+](=O)[O-])cc2C#N)cc1. The predicted octanol–water partition coefficient (Wildman–Crippen LogP) is 1.33. The molecule has 0 unspecified atom stereocenters. The molecular formula is C19H18N4O8S. The van der Waals surface area contributed by atoms with Gasteiger partial charge < -0.3 is 14.8 Å². The minimum absolute atomic E-state index is 0.0116. The fourth-order valence-corrected chi connectivity index (χ4v) is 3.41. The number of nitro groups is 1. The Labute approximate surface area is 182 Å². The molecule has 12 nitrogen and oxygen atoms in total. The number of hydrogen-bond acceptors (Lipinski definition) is 9.